The molecule has 2 aromatic carbocycles. The number of thioether (sulfide) groups is 1. The SMILES string of the molecule is CCOc1ccc([C@H]2CC(=O)NC(SCC(=O)Nc3c(C)cc(C)cc3C)=C2C#N)cc1. The van der Waals surface area contributed by atoms with Gasteiger partial charge in [-0.05, 0) is 56.5 Å². The summed E-state index contributed by atoms with van der Waals surface area (Å²) >= 11 is 1.17. The standard InChI is InChI=1S/C25H27N3O3S/c1-5-31-19-8-6-18(7-9-19)20-12-22(29)28-25(21(20)13-26)32-14-23(30)27-24-16(3)10-15(2)11-17(24)4/h6-11,20H,5,12,14H2,1-4H3,(H,27,30)(H,28,29)/t20-/m1/s1. The van der Waals surface area contributed by atoms with E-state index in [2.05, 4.69) is 16.7 Å². The number of nitrogens with zero attached hydrogens (tertiary/aromatic N) is 1. The zero-order valence-electron chi connectivity index (χ0n) is 18.7. The molecule has 0 aromatic heterocycles. The topological polar surface area (TPSA) is 91.2 Å². The molecule has 1 aliphatic heterocycles. The largest absolute Gasteiger partial charge is 0.494 e. The van der Waals surface area contributed by atoms with Crippen LogP contribution in [0.2, 0.25) is 0 Å². The van der Waals surface area contributed by atoms with Gasteiger partial charge in [0.05, 0.1) is 29.0 Å². The molecule has 1 atom stereocenters. The summed E-state index contributed by atoms with van der Waals surface area (Å²) in [6.45, 7) is 8.42. The van der Waals surface area contributed by atoms with Gasteiger partial charge in [0.2, 0.25) is 11.8 Å². The number of benzene rings is 2. The Morgan fingerprint density at radius 2 is 1.88 bits per heavy atom. The maximum atomic E-state index is 12.6. The van der Waals surface area contributed by atoms with Gasteiger partial charge in [-0.25, -0.2) is 0 Å². The van der Waals surface area contributed by atoms with Gasteiger partial charge in [-0.15, -0.1) is 0 Å². The molecule has 7 heteroatoms. The predicted molar refractivity (Wildman–Crippen MR) is 127 cm³/mol. The van der Waals surface area contributed by atoms with Gasteiger partial charge in [0, 0.05) is 18.0 Å². The number of hydrogen-bond donors (Lipinski definition) is 2. The van der Waals surface area contributed by atoms with Crippen LogP contribution in [0.5, 0.6) is 5.75 Å². The number of ether oxygens (including phenoxy) is 1. The first kappa shape index (κ1) is 23.4. The molecule has 2 aromatic rings. The number of amides is 2. The van der Waals surface area contributed by atoms with Gasteiger partial charge in [0.25, 0.3) is 0 Å². The minimum atomic E-state index is -0.350. The Bertz CT molecular complexity index is 1080. The van der Waals surface area contributed by atoms with E-state index in [9.17, 15) is 14.9 Å². The predicted octanol–water partition coefficient (Wildman–Crippen LogP) is 4.72. The van der Waals surface area contributed by atoms with Crippen molar-refractivity contribution in [3.63, 3.8) is 0 Å². The summed E-state index contributed by atoms with van der Waals surface area (Å²) in [6.07, 6.45) is 0.189. The second-order valence-corrected chi connectivity index (χ2v) is 8.76. The normalized spacial score (nSPS) is 15.7. The van der Waals surface area contributed by atoms with E-state index in [1.54, 1.807) is 0 Å². The van der Waals surface area contributed by atoms with Gasteiger partial charge in [0.15, 0.2) is 0 Å². The average Bonchev–Trinajstić information content (AvgIpc) is 2.75. The minimum Gasteiger partial charge on any atom is -0.494 e. The van der Waals surface area contributed by atoms with Crippen molar-refractivity contribution in [1.82, 2.24) is 5.32 Å². The second-order valence-electron chi connectivity index (χ2n) is 7.77. The average molecular weight is 450 g/mol. The minimum absolute atomic E-state index is 0.0869. The summed E-state index contributed by atoms with van der Waals surface area (Å²) in [6, 6.07) is 13.7. The van der Waals surface area contributed by atoms with Crippen molar-refractivity contribution in [2.24, 2.45) is 0 Å². The van der Waals surface area contributed by atoms with Crippen molar-refractivity contribution in [1.29, 1.82) is 5.26 Å². The number of nitriles is 1. The second kappa shape index (κ2) is 10.4. The van der Waals surface area contributed by atoms with Gasteiger partial charge < -0.3 is 15.4 Å². The Balaban J connectivity index is 1.76. The first-order valence-electron chi connectivity index (χ1n) is 10.5. The Morgan fingerprint density at radius 3 is 2.47 bits per heavy atom. The lowest BCUT2D eigenvalue weighted by molar-refractivity contribution is -0.121. The molecule has 1 heterocycles. The molecule has 0 fully saturated rings. The highest BCUT2D eigenvalue weighted by molar-refractivity contribution is 8.03. The molecule has 2 amide bonds. The molecule has 1 aliphatic rings. The van der Waals surface area contributed by atoms with E-state index >= 15 is 0 Å². The maximum Gasteiger partial charge on any atom is 0.234 e. The zero-order valence-corrected chi connectivity index (χ0v) is 19.6. The van der Waals surface area contributed by atoms with E-state index in [-0.39, 0.29) is 29.9 Å². The summed E-state index contributed by atoms with van der Waals surface area (Å²) in [5.41, 5.74) is 5.28. The van der Waals surface area contributed by atoms with Crippen LogP contribution in [-0.2, 0) is 9.59 Å². The summed E-state index contributed by atoms with van der Waals surface area (Å²) in [4.78, 5) is 25.0. The third-order valence-corrected chi connectivity index (χ3v) is 6.26. The number of rotatable bonds is 7. The van der Waals surface area contributed by atoms with Crippen LogP contribution in [0, 0.1) is 32.1 Å². The van der Waals surface area contributed by atoms with E-state index in [0.29, 0.717) is 17.2 Å². The highest BCUT2D eigenvalue weighted by atomic mass is 32.2. The molecule has 166 valence electrons. The number of aryl methyl sites for hydroxylation is 3. The Labute approximate surface area is 193 Å². The van der Waals surface area contributed by atoms with Crippen molar-refractivity contribution in [3.8, 4) is 11.8 Å². The fraction of sp³-hybridized carbons (Fsp3) is 0.320. The zero-order chi connectivity index (χ0) is 23.3. The smallest absolute Gasteiger partial charge is 0.234 e. The molecule has 0 unspecified atom stereocenters. The fourth-order valence-corrected chi connectivity index (χ4v) is 4.75. The van der Waals surface area contributed by atoms with Crippen LogP contribution >= 0.6 is 11.8 Å². The van der Waals surface area contributed by atoms with E-state index in [0.717, 1.165) is 33.7 Å². The van der Waals surface area contributed by atoms with Gasteiger partial charge in [-0.2, -0.15) is 5.26 Å². The van der Waals surface area contributed by atoms with Crippen LogP contribution in [0.4, 0.5) is 5.69 Å². The van der Waals surface area contributed by atoms with Crippen molar-refractivity contribution >= 4 is 29.3 Å². The van der Waals surface area contributed by atoms with E-state index in [4.69, 9.17) is 4.74 Å². The maximum absolute atomic E-state index is 12.6. The molecular weight excluding hydrogens is 422 g/mol. The molecule has 3 rings (SSSR count). The first-order valence-corrected chi connectivity index (χ1v) is 11.5. The van der Waals surface area contributed by atoms with Crippen LogP contribution in [0.3, 0.4) is 0 Å². The van der Waals surface area contributed by atoms with Crippen LogP contribution < -0.4 is 15.4 Å². The molecule has 2 N–H and O–H groups in total. The number of nitrogens with one attached hydrogen (secondary N) is 2. The Morgan fingerprint density at radius 1 is 1.22 bits per heavy atom. The van der Waals surface area contributed by atoms with Gasteiger partial charge in [0.1, 0.15) is 5.75 Å². The van der Waals surface area contributed by atoms with Gasteiger partial charge in [-0.1, -0.05) is 41.6 Å². The van der Waals surface area contributed by atoms with Gasteiger partial charge in [-0.3, -0.25) is 9.59 Å². The van der Waals surface area contributed by atoms with Crippen LogP contribution in [0.25, 0.3) is 0 Å². The van der Waals surface area contributed by atoms with Crippen molar-refractivity contribution in [2.45, 2.75) is 40.0 Å². The van der Waals surface area contributed by atoms with E-state index in [1.165, 1.54) is 11.8 Å². The molecule has 0 aliphatic carbocycles. The fourth-order valence-electron chi connectivity index (χ4n) is 3.87. The van der Waals surface area contributed by atoms with Crippen molar-refractivity contribution in [3.05, 3.63) is 69.3 Å². The monoisotopic (exact) mass is 449 g/mol. The number of allylic oxidation sites excluding steroid dienone is 1. The summed E-state index contributed by atoms with van der Waals surface area (Å²) in [5.74, 6) is 0.121. The number of hydrogen-bond acceptors (Lipinski definition) is 5. The molecule has 0 saturated carbocycles. The lowest BCUT2D eigenvalue weighted by Gasteiger charge is -2.25. The van der Waals surface area contributed by atoms with Crippen LogP contribution in [0.15, 0.2) is 47.0 Å². The summed E-state index contributed by atoms with van der Waals surface area (Å²) in [7, 11) is 0. The number of carbonyl (C=O) groups is 2. The summed E-state index contributed by atoms with van der Waals surface area (Å²) < 4.78 is 5.48. The van der Waals surface area contributed by atoms with E-state index in [1.807, 2.05) is 64.1 Å². The molecule has 0 radical (unpaired) electrons. The molecule has 0 saturated heterocycles. The van der Waals surface area contributed by atoms with Crippen LogP contribution in [-0.4, -0.2) is 24.2 Å². The van der Waals surface area contributed by atoms with Crippen molar-refractivity contribution < 1.29 is 14.3 Å². The van der Waals surface area contributed by atoms with Crippen LogP contribution in [0.1, 0.15) is 41.5 Å². The lowest BCUT2D eigenvalue weighted by atomic mass is 9.87. The summed E-state index contributed by atoms with van der Waals surface area (Å²) in [5, 5.41) is 16.0. The molecule has 0 spiro atoms. The quantitative estimate of drug-likeness (QED) is 0.638. The highest BCUT2D eigenvalue weighted by Crippen LogP contribution is 2.36. The number of anilines is 1. The molecule has 0 bridgehead atoms. The van der Waals surface area contributed by atoms with Crippen molar-refractivity contribution in [2.75, 3.05) is 17.7 Å². The first-order chi connectivity index (χ1) is 15.3. The third kappa shape index (κ3) is 5.51. The van der Waals surface area contributed by atoms with E-state index < -0.39 is 0 Å². The Hall–Kier alpha value is -3.24. The highest BCUT2D eigenvalue weighted by Gasteiger charge is 2.30. The molecule has 6 nitrogen and oxygen atoms in total. The molecule has 32 heavy (non-hydrogen) atoms. The number of carbonyl (C=O) groups excluding carboxylic acids is 2. The lowest BCUT2D eigenvalue weighted by Crippen LogP contribution is -2.31. The molecular formula is C25H27N3O3S. The Kier molecular flexibility index (Phi) is 7.60. The van der Waals surface area contributed by atoms with Gasteiger partial charge >= 0.3 is 0 Å². The third-order valence-electron chi connectivity index (χ3n) is 5.24.